The Kier molecular flexibility index (Phi) is 2.54. The lowest BCUT2D eigenvalue weighted by Crippen LogP contribution is -1.83. The molecule has 0 heterocycles. The highest BCUT2D eigenvalue weighted by Gasteiger charge is 1.99. The lowest BCUT2D eigenvalue weighted by atomic mass is 10.2. The third-order valence-corrected chi connectivity index (χ3v) is 1.29. The van der Waals surface area contributed by atoms with Crippen molar-refractivity contribution < 1.29 is 8.78 Å². The van der Waals surface area contributed by atoms with Gasteiger partial charge in [-0.3, -0.25) is 0 Å². The summed E-state index contributed by atoms with van der Waals surface area (Å²) in [6.45, 7) is 0. The third kappa shape index (κ3) is 1.89. The lowest BCUT2D eigenvalue weighted by Gasteiger charge is -1.93. The molecule has 0 saturated heterocycles. The van der Waals surface area contributed by atoms with Gasteiger partial charge in [0.25, 0.3) is 0 Å². The van der Waals surface area contributed by atoms with Gasteiger partial charge in [-0.15, -0.1) is 0 Å². The van der Waals surface area contributed by atoms with Gasteiger partial charge >= 0.3 is 0 Å². The van der Waals surface area contributed by atoms with Crippen LogP contribution in [-0.2, 0) is 0 Å². The fraction of sp³-hybridized carbons (Fsp3) is 0. The van der Waals surface area contributed by atoms with Crippen LogP contribution in [0.1, 0.15) is 5.56 Å². The highest BCUT2D eigenvalue weighted by Crippen LogP contribution is 2.09. The summed E-state index contributed by atoms with van der Waals surface area (Å²) in [4.78, 5) is 0. The minimum Gasteiger partial charge on any atom is -0.204 e. The second kappa shape index (κ2) is 3.63. The first-order valence-electron chi connectivity index (χ1n) is 3.25. The molecule has 60 valence electrons. The molecule has 0 radical (unpaired) electrons. The van der Waals surface area contributed by atoms with E-state index < -0.39 is 11.6 Å². The Hall–Kier alpha value is -1.69. The third-order valence-electron chi connectivity index (χ3n) is 1.29. The Morgan fingerprint density at radius 2 is 2.00 bits per heavy atom. The summed E-state index contributed by atoms with van der Waals surface area (Å²) in [6, 6.07) is 5.20. The molecule has 0 amide bonds. The van der Waals surface area contributed by atoms with Gasteiger partial charge in [0.1, 0.15) is 0 Å². The van der Waals surface area contributed by atoms with Gasteiger partial charge < -0.3 is 0 Å². The predicted octanol–water partition coefficient (Wildman–Crippen LogP) is 2.50. The van der Waals surface area contributed by atoms with Crippen LogP contribution in [0, 0.1) is 23.0 Å². The largest absolute Gasteiger partial charge is 0.204 e. The van der Waals surface area contributed by atoms with E-state index in [1.807, 2.05) is 0 Å². The molecule has 1 aromatic rings. The molecule has 0 spiro atoms. The molecule has 0 saturated carbocycles. The number of nitriles is 1. The maximum Gasteiger partial charge on any atom is 0.159 e. The Balaban J connectivity index is 2.99. The molecule has 0 aliphatic heterocycles. The SMILES string of the molecule is N#CC=Cc1ccc(F)c(F)c1. The summed E-state index contributed by atoms with van der Waals surface area (Å²) in [5.74, 6) is -1.79. The maximum absolute atomic E-state index is 12.5. The molecule has 0 aromatic heterocycles. The standard InChI is InChI=1S/C9H5F2N/c10-8-4-3-7(2-1-5-12)6-9(8)11/h1-4,6H. The Bertz CT molecular complexity index is 350. The molecule has 1 aromatic carbocycles. The van der Waals surface area contributed by atoms with Crippen molar-refractivity contribution in [1.29, 1.82) is 5.26 Å². The number of halogens is 2. The predicted molar refractivity (Wildman–Crippen MR) is 41.0 cm³/mol. The fourth-order valence-electron chi connectivity index (χ4n) is 0.750. The van der Waals surface area contributed by atoms with Crippen molar-refractivity contribution in [3.05, 3.63) is 41.5 Å². The second-order valence-corrected chi connectivity index (χ2v) is 2.14. The number of hydrogen-bond donors (Lipinski definition) is 0. The van der Waals surface area contributed by atoms with Crippen molar-refractivity contribution in [2.75, 3.05) is 0 Å². The number of nitrogens with zero attached hydrogens (tertiary/aromatic N) is 1. The van der Waals surface area contributed by atoms with E-state index in [1.54, 1.807) is 6.07 Å². The number of benzene rings is 1. The van der Waals surface area contributed by atoms with E-state index in [9.17, 15) is 8.78 Å². The van der Waals surface area contributed by atoms with Crippen molar-refractivity contribution in [2.45, 2.75) is 0 Å². The van der Waals surface area contributed by atoms with Crippen LogP contribution < -0.4 is 0 Å². The highest BCUT2D eigenvalue weighted by molar-refractivity contribution is 5.51. The van der Waals surface area contributed by atoms with E-state index in [0.29, 0.717) is 5.56 Å². The van der Waals surface area contributed by atoms with Gasteiger partial charge in [0.15, 0.2) is 11.6 Å². The molecular weight excluding hydrogens is 160 g/mol. The Morgan fingerprint density at radius 1 is 1.25 bits per heavy atom. The zero-order valence-corrected chi connectivity index (χ0v) is 6.09. The van der Waals surface area contributed by atoms with Crippen LogP contribution in [0.3, 0.4) is 0 Å². The zero-order chi connectivity index (χ0) is 8.97. The van der Waals surface area contributed by atoms with Crippen LogP contribution >= 0.6 is 0 Å². The van der Waals surface area contributed by atoms with Crippen LogP contribution in [0.15, 0.2) is 24.3 Å². The molecular formula is C9H5F2N. The molecule has 0 aliphatic carbocycles. The molecule has 0 atom stereocenters. The van der Waals surface area contributed by atoms with Gasteiger partial charge in [-0.05, 0) is 23.8 Å². The summed E-state index contributed by atoms with van der Waals surface area (Å²) < 4.78 is 24.9. The highest BCUT2D eigenvalue weighted by atomic mass is 19.2. The van der Waals surface area contributed by atoms with Crippen molar-refractivity contribution >= 4 is 6.08 Å². The summed E-state index contributed by atoms with van der Waals surface area (Å²) in [7, 11) is 0. The van der Waals surface area contributed by atoms with Gasteiger partial charge in [0.05, 0.1) is 6.07 Å². The minimum atomic E-state index is -0.907. The average Bonchev–Trinajstić information content (AvgIpc) is 2.07. The van der Waals surface area contributed by atoms with E-state index >= 15 is 0 Å². The van der Waals surface area contributed by atoms with E-state index in [4.69, 9.17) is 5.26 Å². The molecule has 3 heteroatoms. The smallest absolute Gasteiger partial charge is 0.159 e. The van der Waals surface area contributed by atoms with Crippen LogP contribution in [0.2, 0.25) is 0 Å². The molecule has 1 nitrogen and oxygen atoms in total. The van der Waals surface area contributed by atoms with E-state index in [0.717, 1.165) is 12.1 Å². The summed E-state index contributed by atoms with van der Waals surface area (Å²) >= 11 is 0. The normalized spacial score (nSPS) is 10.1. The molecule has 0 fully saturated rings. The fourth-order valence-corrected chi connectivity index (χ4v) is 0.750. The van der Waals surface area contributed by atoms with Crippen LogP contribution in [0.5, 0.6) is 0 Å². The van der Waals surface area contributed by atoms with Crippen LogP contribution in [0.4, 0.5) is 8.78 Å². The summed E-state index contributed by atoms with van der Waals surface area (Å²) in [6.07, 6.45) is 2.61. The topological polar surface area (TPSA) is 23.8 Å². The summed E-state index contributed by atoms with van der Waals surface area (Å²) in [5, 5.41) is 8.15. The monoisotopic (exact) mass is 165 g/mol. The first kappa shape index (κ1) is 8.41. The Labute approximate surface area is 68.6 Å². The van der Waals surface area contributed by atoms with Gasteiger partial charge in [-0.2, -0.15) is 5.26 Å². The van der Waals surface area contributed by atoms with E-state index in [2.05, 4.69) is 0 Å². The minimum absolute atomic E-state index is 0.468. The van der Waals surface area contributed by atoms with Crippen molar-refractivity contribution in [3.8, 4) is 6.07 Å². The molecule has 12 heavy (non-hydrogen) atoms. The van der Waals surface area contributed by atoms with E-state index in [-0.39, 0.29) is 0 Å². The van der Waals surface area contributed by atoms with Crippen molar-refractivity contribution in [2.24, 2.45) is 0 Å². The molecule has 0 N–H and O–H groups in total. The van der Waals surface area contributed by atoms with Crippen LogP contribution in [-0.4, -0.2) is 0 Å². The van der Waals surface area contributed by atoms with E-state index in [1.165, 1.54) is 18.2 Å². The number of allylic oxidation sites excluding steroid dienone is 1. The second-order valence-electron chi connectivity index (χ2n) is 2.14. The number of hydrogen-bond acceptors (Lipinski definition) is 1. The zero-order valence-electron chi connectivity index (χ0n) is 6.09. The van der Waals surface area contributed by atoms with Crippen LogP contribution in [0.25, 0.3) is 6.08 Å². The molecule has 0 bridgehead atoms. The lowest BCUT2D eigenvalue weighted by molar-refractivity contribution is 0.508. The van der Waals surface area contributed by atoms with Crippen molar-refractivity contribution in [1.82, 2.24) is 0 Å². The first-order valence-corrected chi connectivity index (χ1v) is 3.25. The van der Waals surface area contributed by atoms with Gasteiger partial charge in [-0.25, -0.2) is 8.78 Å². The summed E-state index contributed by atoms with van der Waals surface area (Å²) in [5.41, 5.74) is 0.468. The first-order chi connectivity index (χ1) is 5.74. The molecule has 0 unspecified atom stereocenters. The van der Waals surface area contributed by atoms with Gasteiger partial charge in [0, 0.05) is 6.08 Å². The molecule has 1 rings (SSSR count). The molecule has 0 aliphatic rings. The Morgan fingerprint density at radius 3 is 2.58 bits per heavy atom. The van der Waals surface area contributed by atoms with Gasteiger partial charge in [-0.1, -0.05) is 6.07 Å². The van der Waals surface area contributed by atoms with Crippen molar-refractivity contribution in [3.63, 3.8) is 0 Å². The maximum atomic E-state index is 12.5. The number of rotatable bonds is 1. The quantitative estimate of drug-likeness (QED) is 0.586. The van der Waals surface area contributed by atoms with Gasteiger partial charge in [0.2, 0.25) is 0 Å². The average molecular weight is 165 g/mol.